The minimum absolute atomic E-state index is 0.847. The number of aromatic nitrogens is 2. The number of methoxy groups -OCH3 is 1. The van der Waals surface area contributed by atoms with E-state index in [4.69, 9.17) is 4.74 Å². The number of nitrogens with one attached hydrogen (secondary N) is 1. The summed E-state index contributed by atoms with van der Waals surface area (Å²) in [5.74, 6) is 0.999. The molecule has 2 aromatic rings. The van der Waals surface area contributed by atoms with Gasteiger partial charge in [-0.05, 0) is 57.5 Å². The van der Waals surface area contributed by atoms with E-state index >= 15 is 0 Å². The lowest BCUT2D eigenvalue weighted by Gasteiger charge is -2.27. The molecule has 2 heterocycles. The van der Waals surface area contributed by atoms with E-state index in [0.29, 0.717) is 0 Å². The van der Waals surface area contributed by atoms with Gasteiger partial charge in [0.1, 0.15) is 5.75 Å². The van der Waals surface area contributed by atoms with Crippen LogP contribution in [0.25, 0.3) is 0 Å². The van der Waals surface area contributed by atoms with Crippen LogP contribution in [-0.2, 0) is 26.2 Å². The molecule has 0 atom stereocenters. The van der Waals surface area contributed by atoms with E-state index < -0.39 is 0 Å². The number of piperidine rings is 1. The summed E-state index contributed by atoms with van der Waals surface area (Å²) >= 11 is 0. The van der Waals surface area contributed by atoms with Crippen LogP contribution < -0.4 is 10.1 Å². The second kappa shape index (κ2) is 9.19. The monoisotopic (exact) mass is 356 g/mol. The van der Waals surface area contributed by atoms with Gasteiger partial charge in [-0.25, -0.2) is 0 Å². The number of rotatable bonds is 8. The van der Waals surface area contributed by atoms with Gasteiger partial charge in [-0.2, -0.15) is 5.10 Å². The van der Waals surface area contributed by atoms with E-state index in [1.54, 1.807) is 7.11 Å². The first-order valence-corrected chi connectivity index (χ1v) is 9.81. The van der Waals surface area contributed by atoms with Crippen LogP contribution in [0.1, 0.15) is 48.6 Å². The van der Waals surface area contributed by atoms with Crippen molar-refractivity contribution >= 4 is 0 Å². The van der Waals surface area contributed by atoms with Gasteiger partial charge in [0.25, 0.3) is 0 Å². The molecule has 0 aliphatic carbocycles. The molecule has 1 fully saturated rings. The van der Waals surface area contributed by atoms with Crippen molar-refractivity contribution < 1.29 is 4.74 Å². The standard InChI is InChI=1S/C21H32N4O/c1-4-25-16-20(17(2)23-25)14-22-13-18-8-9-21(26-3)19(12-18)15-24-10-6-5-7-11-24/h8-9,12,16,22H,4-7,10-11,13-15H2,1-3H3. The molecular formula is C21H32N4O. The lowest BCUT2D eigenvalue weighted by Crippen LogP contribution is -2.29. The van der Waals surface area contributed by atoms with Gasteiger partial charge in [-0.15, -0.1) is 0 Å². The predicted octanol–water partition coefficient (Wildman–Crippen LogP) is 3.50. The highest BCUT2D eigenvalue weighted by Crippen LogP contribution is 2.23. The maximum absolute atomic E-state index is 5.59. The Balaban J connectivity index is 1.60. The van der Waals surface area contributed by atoms with Crippen molar-refractivity contribution in [2.45, 2.75) is 59.3 Å². The van der Waals surface area contributed by atoms with Crippen molar-refractivity contribution in [1.82, 2.24) is 20.0 Å². The lowest BCUT2D eigenvalue weighted by molar-refractivity contribution is 0.218. The third-order valence-electron chi connectivity index (χ3n) is 5.20. The summed E-state index contributed by atoms with van der Waals surface area (Å²) in [6.45, 7) is 10.2. The Morgan fingerprint density at radius 2 is 1.92 bits per heavy atom. The van der Waals surface area contributed by atoms with Crippen LogP contribution in [0.5, 0.6) is 5.75 Å². The molecule has 0 saturated carbocycles. The number of benzene rings is 1. The van der Waals surface area contributed by atoms with E-state index in [9.17, 15) is 0 Å². The lowest BCUT2D eigenvalue weighted by atomic mass is 10.1. The molecule has 0 unspecified atom stereocenters. The van der Waals surface area contributed by atoms with Gasteiger partial charge in [-0.1, -0.05) is 12.5 Å². The maximum Gasteiger partial charge on any atom is 0.123 e. The van der Waals surface area contributed by atoms with Crippen LogP contribution in [0, 0.1) is 6.92 Å². The summed E-state index contributed by atoms with van der Waals surface area (Å²) in [5.41, 5.74) is 4.98. The minimum atomic E-state index is 0.847. The Bertz CT molecular complexity index is 704. The van der Waals surface area contributed by atoms with Crippen molar-refractivity contribution in [2.75, 3.05) is 20.2 Å². The summed E-state index contributed by atoms with van der Waals surface area (Å²) in [6.07, 6.45) is 6.13. The first-order valence-electron chi connectivity index (χ1n) is 9.81. The summed E-state index contributed by atoms with van der Waals surface area (Å²) in [4.78, 5) is 2.54. The van der Waals surface area contributed by atoms with Crippen LogP contribution in [0.2, 0.25) is 0 Å². The molecule has 1 aliphatic rings. The molecule has 0 bridgehead atoms. The van der Waals surface area contributed by atoms with Crippen molar-refractivity contribution in [2.24, 2.45) is 0 Å². The predicted molar refractivity (Wildman–Crippen MR) is 105 cm³/mol. The summed E-state index contributed by atoms with van der Waals surface area (Å²) < 4.78 is 7.58. The van der Waals surface area contributed by atoms with Crippen LogP contribution in [0.15, 0.2) is 24.4 Å². The summed E-state index contributed by atoms with van der Waals surface area (Å²) in [7, 11) is 1.77. The van der Waals surface area contributed by atoms with Gasteiger partial charge >= 0.3 is 0 Å². The number of ether oxygens (including phenoxy) is 1. The molecule has 5 nitrogen and oxygen atoms in total. The first kappa shape index (κ1) is 18.9. The van der Waals surface area contributed by atoms with E-state index in [1.165, 1.54) is 49.0 Å². The average Bonchev–Trinajstić information content (AvgIpc) is 3.03. The highest BCUT2D eigenvalue weighted by Gasteiger charge is 2.13. The molecule has 0 radical (unpaired) electrons. The Morgan fingerprint density at radius 1 is 1.12 bits per heavy atom. The van der Waals surface area contributed by atoms with Crippen molar-refractivity contribution in [3.8, 4) is 5.75 Å². The molecule has 26 heavy (non-hydrogen) atoms. The third kappa shape index (κ3) is 4.86. The van der Waals surface area contributed by atoms with Gasteiger partial charge in [0, 0.05) is 43.5 Å². The van der Waals surface area contributed by atoms with E-state index in [0.717, 1.165) is 37.6 Å². The van der Waals surface area contributed by atoms with Crippen LogP contribution in [-0.4, -0.2) is 34.9 Å². The SMILES string of the molecule is CCn1cc(CNCc2ccc(OC)c(CN3CCCCC3)c2)c(C)n1. The molecular weight excluding hydrogens is 324 g/mol. The summed E-state index contributed by atoms with van der Waals surface area (Å²) in [5, 5.41) is 8.07. The van der Waals surface area contributed by atoms with E-state index in [-0.39, 0.29) is 0 Å². The van der Waals surface area contributed by atoms with Crippen molar-refractivity contribution in [1.29, 1.82) is 0 Å². The van der Waals surface area contributed by atoms with Crippen LogP contribution in [0.3, 0.4) is 0 Å². The zero-order valence-corrected chi connectivity index (χ0v) is 16.4. The summed E-state index contributed by atoms with van der Waals surface area (Å²) in [6, 6.07) is 6.56. The molecule has 1 aliphatic heterocycles. The average molecular weight is 357 g/mol. The molecule has 3 rings (SSSR count). The fourth-order valence-electron chi connectivity index (χ4n) is 3.66. The van der Waals surface area contributed by atoms with Gasteiger partial charge in [0.15, 0.2) is 0 Å². The van der Waals surface area contributed by atoms with Gasteiger partial charge in [-0.3, -0.25) is 9.58 Å². The molecule has 5 heteroatoms. The second-order valence-electron chi connectivity index (χ2n) is 7.18. The smallest absolute Gasteiger partial charge is 0.123 e. The first-order chi connectivity index (χ1) is 12.7. The zero-order valence-electron chi connectivity index (χ0n) is 16.4. The number of aryl methyl sites for hydroxylation is 2. The largest absolute Gasteiger partial charge is 0.496 e. The highest BCUT2D eigenvalue weighted by atomic mass is 16.5. The normalized spacial score (nSPS) is 15.3. The zero-order chi connectivity index (χ0) is 18.4. The number of nitrogens with zero attached hydrogens (tertiary/aromatic N) is 3. The Kier molecular flexibility index (Phi) is 6.69. The Morgan fingerprint density at radius 3 is 2.62 bits per heavy atom. The topological polar surface area (TPSA) is 42.3 Å². The number of likely N-dealkylation sites (tertiary alicyclic amines) is 1. The molecule has 0 spiro atoms. The highest BCUT2D eigenvalue weighted by molar-refractivity contribution is 5.37. The Hall–Kier alpha value is -1.85. The molecule has 0 amide bonds. The third-order valence-corrected chi connectivity index (χ3v) is 5.20. The maximum atomic E-state index is 5.59. The molecule has 1 saturated heterocycles. The van der Waals surface area contributed by atoms with Crippen LogP contribution in [0.4, 0.5) is 0 Å². The number of hydrogen-bond donors (Lipinski definition) is 1. The van der Waals surface area contributed by atoms with Crippen LogP contribution >= 0.6 is 0 Å². The van der Waals surface area contributed by atoms with Crippen molar-refractivity contribution in [3.63, 3.8) is 0 Å². The van der Waals surface area contributed by atoms with Gasteiger partial charge in [0.05, 0.1) is 12.8 Å². The van der Waals surface area contributed by atoms with E-state index in [2.05, 4.69) is 53.6 Å². The van der Waals surface area contributed by atoms with E-state index in [1.807, 2.05) is 4.68 Å². The quantitative estimate of drug-likeness (QED) is 0.786. The number of hydrogen-bond acceptors (Lipinski definition) is 4. The molecule has 142 valence electrons. The fraction of sp³-hybridized carbons (Fsp3) is 0.571. The fourth-order valence-corrected chi connectivity index (χ4v) is 3.66. The Labute approximate surface area is 157 Å². The molecule has 1 N–H and O–H groups in total. The second-order valence-corrected chi connectivity index (χ2v) is 7.18. The van der Waals surface area contributed by atoms with Crippen molar-refractivity contribution in [3.05, 3.63) is 46.8 Å². The minimum Gasteiger partial charge on any atom is -0.496 e. The molecule has 1 aromatic heterocycles. The van der Waals surface area contributed by atoms with Gasteiger partial charge in [0.2, 0.25) is 0 Å². The molecule has 1 aromatic carbocycles. The van der Waals surface area contributed by atoms with Gasteiger partial charge < -0.3 is 10.1 Å².